The van der Waals surface area contributed by atoms with Gasteiger partial charge in [-0.2, -0.15) is 0 Å². The number of nitrogens with two attached hydrogens (primary N) is 1. The van der Waals surface area contributed by atoms with Crippen LogP contribution >= 0.6 is 0 Å². The van der Waals surface area contributed by atoms with E-state index in [1.165, 1.54) is 0 Å². The molecule has 1 aromatic carbocycles. The first-order chi connectivity index (χ1) is 8.74. The second-order valence-electron chi connectivity index (χ2n) is 4.20. The fraction of sp³-hybridized carbons (Fsp3) is 0.571. The second kappa shape index (κ2) is 8.08. The molecule has 0 radical (unpaired) electrons. The predicted molar refractivity (Wildman–Crippen MR) is 73.9 cm³/mol. The summed E-state index contributed by atoms with van der Waals surface area (Å²) < 4.78 is 10.8. The molecule has 0 aromatic heterocycles. The first-order valence-electron chi connectivity index (χ1n) is 6.35. The summed E-state index contributed by atoms with van der Waals surface area (Å²) in [4.78, 5) is 2.20. The Kier molecular flexibility index (Phi) is 6.72. The highest BCUT2D eigenvalue weighted by Gasteiger charge is 2.18. The zero-order valence-corrected chi connectivity index (χ0v) is 11.6. The Hall–Kier alpha value is -1.10. The van der Waals surface area contributed by atoms with Crippen molar-refractivity contribution in [1.29, 1.82) is 0 Å². The number of benzene rings is 1. The molecule has 0 saturated carbocycles. The minimum atomic E-state index is 0.155. The lowest BCUT2D eigenvalue weighted by Gasteiger charge is -2.28. The number of para-hydroxylation sites is 1. The van der Waals surface area contributed by atoms with Gasteiger partial charge in [0.1, 0.15) is 5.75 Å². The summed E-state index contributed by atoms with van der Waals surface area (Å²) in [7, 11) is 3.76. The van der Waals surface area contributed by atoms with Crippen LogP contribution in [0.2, 0.25) is 0 Å². The smallest absolute Gasteiger partial charge is 0.124 e. The molecule has 0 aliphatic carbocycles. The highest BCUT2D eigenvalue weighted by Crippen LogP contribution is 2.27. The van der Waals surface area contributed by atoms with Gasteiger partial charge in [-0.15, -0.1) is 0 Å². The standard InChI is InChI=1S/C14H24N2O2/c1-4-18-14-8-6-5-7-12(14)13(11-15)16(2)9-10-17-3/h5-8,13H,4,9-11,15H2,1-3H3. The molecule has 1 rings (SSSR count). The molecule has 0 spiro atoms. The van der Waals surface area contributed by atoms with Crippen molar-refractivity contribution in [2.75, 3.05) is 40.5 Å². The van der Waals surface area contributed by atoms with E-state index in [1.54, 1.807) is 7.11 Å². The number of nitrogens with zero attached hydrogens (tertiary/aromatic N) is 1. The van der Waals surface area contributed by atoms with Gasteiger partial charge < -0.3 is 15.2 Å². The number of methoxy groups -OCH3 is 1. The summed E-state index contributed by atoms with van der Waals surface area (Å²) in [6.07, 6.45) is 0. The summed E-state index contributed by atoms with van der Waals surface area (Å²) in [6.45, 7) is 4.76. The number of likely N-dealkylation sites (N-methyl/N-ethyl adjacent to an activating group) is 1. The van der Waals surface area contributed by atoms with Crippen molar-refractivity contribution in [3.63, 3.8) is 0 Å². The van der Waals surface area contributed by atoms with E-state index < -0.39 is 0 Å². The molecule has 1 atom stereocenters. The zero-order valence-electron chi connectivity index (χ0n) is 11.6. The van der Waals surface area contributed by atoms with E-state index in [4.69, 9.17) is 15.2 Å². The lowest BCUT2D eigenvalue weighted by Crippen LogP contribution is -2.33. The summed E-state index contributed by atoms with van der Waals surface area (Å²) in [5.74, 6) is 0.916. The number of ether oxygens (including phenoxy) is 2. The van der Waals surface area contributed by atoms with Crippen molar-refractivity contribution >= 4 is 0 Å². The number of hydrogen-bond donors (Lipinski definition) is 1. The van der Waals surface area contributed by atoms with E-state index in [2.05, 4.69) is 18.0 Å². The van der Waals surface area contributed by atoms with E-state index >= 15 is 0 Å². The van der Waals surface area contributed by atoms with Crippen molar-refractivity contribution in [1.82, 2.24) is 4.90 Å². The third-order valence-electron chi connectivity index (χ3n) is 2.98. The van der Waals surface area contributed by atoms with E-state index in [9.17, 15) is 0 Å². The van der Waals surface area contributed by atoms with E-state index in [-0.39, 0.29) is 6.04 Å². The maximum Gasteiger partial charge on any atom is 0.124 e. The van der Waals surface area contributed by atoms with Gasteiger partial charge in [0.25, 0.3) is 0 Å². The SMILES string of the molecule is CCOc1ccccc1C(CN)N(C)CCOC. The van der Waals surface area contributed by atoms with Gasteiger partial charge in [0.15, 0.2) is 0 Å². The molecular weight excluding hydrogens is 228 g/mol. The molecule has 0 aliphatic rings. The fourth-order valence-corrected chi connectivity index (χ4v) is 1.98. The Bertz CT molecular complexity index is 344. The third kappa shape index (κ3) is 3.98. The van der Waals surface area contributed by atoms with Crippen LogP contribution in [0.25, 0.3) is 0 Å². The normalized spacial score (nSPS) is 12.7. The molecule has 4 nitrogen and oxygen atoms in total. The minimum absolute atomic E-state index is 0.155. The summed E-state index contributed by atoms with van der Waals surface area (Å²) in [6, 6.07) is 8.22. The average molecular weight is 252 g/mol. The Morgan fingerprint density at radius 2 is 2.06 bits per heavy atom. The van der Waals surface area contributed by atoms with Crippen LogP contribution < -0.4 is 10.5 Å². The van der Waals surface area contributed by atoms with Gasteiger partial charge in [-0.1, -0.05) is 18.2 Å². The molecule has 2 N–H and O–H groups in total. The quantitative estimate of drug-likeness (QED) is 0.764. The minimum Gasteiger partial charge on any atom is -0.494 e. The molecule has 0 fully saturated rings. The topological polar surface area (TPSA) is 47.7 Å². The van der Waals surface area contributed by atoms with Gasteiger partial charge >= 0.3 is 0 Å². The van der Waals surface area contributed by atoms with Gasteiger partial charge in [-0.25, -0.2) is 0 Å². The van der Waals surface area contributed by atoms with Crippen LogP contribution in [-0.4, -0.2) is 45.4 Å². The van der Waals surface area contributed by atoms with Gasteiger partial charge in [0.2, 0.25) is 0 Å². The average Bonchev–Trinajstić information content (AvgIpc) is 2.39. The van der Waals surface area contributed by atoms with Crippen LogP contribution in [0, 0.1) is 0 Å². The van der Waals surface area contributed by atoms with Crippen LogP contribution in [-0.2, 0) is 4.74 Å². The molecular formula is C14H24N2O2. The number of rotatable bonds is 8. The van der Waals surface area contributed by atoms with E-state index in [0.717, 1.165) is 17.9 Å². The lowest BCUT2D eigenvalue weighted by molar-refractivity contribution is 0.139. The third-order valence-corrected chi connectivity index (χ3v) is 2.98. The highest BCUT2D eigenvalue weighted by atomic mass is 16.5. The van der Waals surface area contributed by atoms with Crippen molar-refractivity contribution in [2.24, 2.45) is 5.73 Å². The molecule has 0 bridgehead atoms. The van der Waals surface area contributed by atoms with Crippen LogP contribution in [0.4, 0.5) is 0 Å². The molecule has 102 valence electrons. The monoisotopic (exact) mass is 252 g/mol. The second-order valence-corrected chi connectivity index (χ2v) is 4.20. The van der Waals surface area contributed by atoms with Gasteiger partial charge in [0, 0.05) is 25.8 Å². The summed E-state index contributed by atoms with van der Waals surface area (Å²) in [5.41, 5.74) is 7.04. The van der Waals surface area contributed by atoms with Gasteiger partial charge in [0.05, 0.1) is 19.3 Å². The van der Waals surface area contributed by atoms with Gasteiger partial charge in [-0.3, -0.25) is 4.90 Å². The molecule has 1 aromatic rings. The largest absolute Gasteiger partial charge is 0.494 e. The predicted octanol–water partition coefficient (Wildman–Crippen LogP) is 1.66. The first kappa shape index (κ1) is 15.0. The van der Waals surface area contributed by atoms with Crippen molar-refractivity contribution in [2.45, 2.75) is 13.0 Å². The molecule has 18 heavy (non-hydrogen) atoms. The molecule has 4 heteroatoms. The first-order valence-corrected chi connectivity index (χ1v) is 6.35. The zero-order chi connectivity index (χ0) is 13.4. The van der Waals surface area contributed by atoms with Crippen molar-refractivity contribution in [3.05, 3.63) is 29.8 Å². The Balaban J connectivity index is 2.86. The lowest BCUT2D eigenvalue weighted by atomic mass is 10.0. The van der Waals surface area contributed by atoms with E-state index in [1.807, 2.05) is 25.1 Å². The van der Waals surface area contributed by atoms with Crippen molar-refractivity contribution < 1.29 is 9.47 Å². The van der Waals surface area contributed by atoms with E-state index in [0.29, 0.717) is 19.8 Å². The summed E-state index contributed by atoms with van der Waals surface area (Å²) in [5, 5.41) is 0. The fourth-order valence-electron chi connectivity index (χ4n) is 1.98. The Labute approximate surface area is 110 Å². The molecule has 0 heterocycles. The van der Waals surface area contributed by atoms with Crippen molar-refractivity contribution in [3.8, 4) is 5.75 Å². The maximum atomic E-state index is 5.90. The summed E-state index contributed by atoms with van der Waals surface area (Å²) >= 11 is 0. The molecule has 0 saturated heterocycles. The number of hydrogen-bond acceptors (Lipinski definition) is 4. The molecule has 0 aliphatic heterocycles. The molecule has 1 unspecified atom stereocenters. The van der Waals surface area contributed by atoms with Crippen LogP contribution in [0.5, 0.6) is 5.75 Å². The maximum absolute atomic E-state index is 5.90. The molecule has 0 amide bonds. The highest BCUT2D eigenvalue weighted by molar-refractivity contribution is 5.36. The van der Waals surface area contributed by atoms with Crippen LogP contribution in [0.3, 0.4) is 0 Å². The Morgan fingerprint density at radius 1 is 1.33 bits per heavy atom. The van der Waals surface area contributed by atoms with Gasteiger partial charge in [-0.05, 0) is 20.0 Å². The van der Waals surface area contributed by atoms with Crippen LogP contribution in [0.1, 0.15) is 18.5 Å². The van der Waals surface area contributed by atoms with Crippen LogP contribution in [0.15, 0.2) is 24.3 Å². The Morgan fingerprint density at radius 3 is 2.67 bits per heavy atom.